The Bertz CT molecular complexity index is 341. The van der Waals surface area contributed by atoms with Gasteiger partial charge in [0.25, 0.3) is 0 Å². The molecule has 0 N–H and O–H groups in total. The maximum absolute atomic E-state index is 11.3. The predicted octanol–water partition coefficient (Wildman–Crippen LogP) is 2.12. The van der Waals surface area contributed by atoms with E-state index in [9.17, 15) is 4.79 Å². The molecule has 1 aromatic rings. The first-order chi connectivity index (χ1) is 6.22. The van der Waals surface area contributed by atoms with Gasteiger partial charge in [0.1, 0.15) is 4.88 Å². The monoisotopic (exact) mass is 197 g/mol. The minimum absolute atomic E-state index is 0.243. The molecule has 3 nitrogen and oxygen atoms in total. The van der Waals surface area contributed by atoms with E-state index < -0.39 is 0 Å². The number of thiazole rings is 1. The summed E-state index contributed by atoms with van der Waals surface area (Å²) < 4.78 is 4.70. The molecule has 0 atom stereocenters. The van der Waals surface area contributed by atoms with Gasteiger partial charge in [-0.25, -0.2) is 9.78 Å². The van der Waals surface area contributed by atoms with Crippen LogP contribution in [0.3, 0.4) is 0 Å². The van der Waals surface area contributed by atoms with E-state index in [0.717, 1.165) is 23.5 Å². The smallest absolute Gasteiger partial charge is 0.349 e. The number of rotatable bonds is 2. The van der Waals surface area contributed by atoms with Gasteiger partial charge in [-0.15, -0.1) is 11.3 Å². The topological polar surface area (TPSA) is 39.2 Å². The highest BCUT2D eigenvalue weighted by atomic mass is 32.1. The summed E-state index contributed by atoms with van der Waals surface area (Å²) in [6.45, 7) is 1.92. The van der Waals surface area contributed by atoms with Gasteiger partial charge in [0.2, 0.25) is 0 Å². The number of carbonyl (C=O) groups excluding carboxylic acids is 1. The maximum atomic E-state index is 11.3. The Morgan fingerprint density at radius 3 is 2.85 bits per heavy atom. The molecule has 1 saturated carbocycles. The van der Waals surface area contributed by atoms with E-state index in [1.54, 1.807) is 0 Å². The van der Waals surface area contributed by atoms with Crippen LogP contribution in [-0.2, 0) is 4.74 Å². The average molecular weight is 197 g/mol. The summed E-state index contributed by atoms with van der Waals surface area (Å²) in [5, 5.41) is 0.947. The lowest BCUT2D eigenvalue weighted by molar-refractivity contribution is 0.0604. The van der Waals surface area contributed by atoms with Crippen molar-refractivity contribution < 1.29 is 9.53 Å². The second-order valence-electron chi connectivity index (χ2n) is 3.21. The number of hydrogen-bond acceptors (Lipinski definition) is 4. The van der Waals surface area contributed by atoms with Gasteiger partial charge in [0.15, 0.2) is 0 Å². The molecule has 0 bridgehead atoms. The van der Waals surface area contributed by atoms with Crippen LogP contribution >= 0.6 is 11.3 Å². The van der Waals surface area contributed by atoms with Crippen molar-refractivity contribution in [1.29, 1.82) is 0 Å². The number of carbonyl (C=O) groups is 1. The summed E-state index contributed by atoms with van der Waals surface area (Å²) in [6, 6.07) is 0. The number of esters is 1. The molecule has 0 amide bonds. The third kappa shape index (κ3) is 1.58. The summed E-state index contributed by atoms with van der Waals surface area (Å²) in [4.78, 5) is 16.4. The van der Waals surface area contributed by atoms with E-state index >= 15 is 0 Å². The fourth-order valence-electron chi connectivity index (χ4n) is 1.32. The fourth-order valence-corrected chi connectivity index (χ4v) is 2.24. The quantitative estimate of drug-likeness (QED) is 0.682. The third-order valence-electron chi connectivity index (χ3n) is 2.10. The molecule has 0 saturated heterocycles. The van der Waals surface area contributed by atoms with Crippen LogP contribution in [-0.4, -0.2) is 18.1 Å². The molecular weight excluding hydrogens is 186 g/mol. The van der Waals surface area contributed by atoms with Crippen molar-refractivity contribution >= 4 is 17.3 Å². The van der Waals surface area contributed by atoms with E-state index in [2.05, 4.69) is 4.98 Å². The Morgan fingerprint density at radius 1 is 1.62 bits per heavy atom. The van der Waals surface area contributed by atoms with Crippen molar-refractivity contribution in [1.82, 2.24) is 4.98 Å². The van der Waals surface area contributed by atoms with Crippen molar-refractivity contribution in [3.63, 3.8) is 0 Å². The van der Waals surface area contributed by atoms with Gasteiger partial charge in [0.05, 0.1) is 17.8 Å². The maximum Gasteiger partial charge on any atom is 0.349 e. The van der Waals surface area contributed by atoms with Gasteiger partial charge in [-0.3, -0.25) is 0 Å². The first kappa shape index (κ1) is 8.69. The average Bonchev–Trinajstić information content (AvgIpc) is 2.89. The van der Waals surface area contributed by atoms with E-state index in [0.29, 0.717) is 10.8 Å². The van der Waals surface area contributed by atoms with Crippen LogP contribution in [0.1, 0.15) is 39.1 Å². The molecule has 0 unspecified atom stereocenters. The highest BCUT2D eigenvalue weighted by Gasteiger charge is 2.31. The molecule has 0 aromatic carbocycles. The van der Waals surface area contributed by atoms with Gasteiger partial charge in [-0.2, -0.15) is 0 Å². The molecule has 1 aromatic heterocycles. The highest BCUT2D eigenvalue weighted by molar-refractivity contribution is 7.13. The van der Waals surface area contributed by atoms with Crippen LogP contribution in [0.4, 0.5) is 0 Å². The first-order valence-corrected chi connectivity index (χ1v) is 5.09. The van der Waals surface area contributed by atoms with E-state index in [-0.39, 0.29) is 5.97 Å². The van der Waals surface area contributed by atoms with Crippen LogP contribution in [0.25, 0.3) is 0 Å². The molecule has 4 heteroatoms. The summed E-state index contributed by atoms with van der Waals surface area (Å²) >= 11 is 1.43. The van der Waals surface area contributed by atoms with Gasteiger partial charge in [0, 0.05) is 5.92 Å². The van der Waals surface area contributed by atoms with Crippen LogP contribution in [0.5, 0.6) is 0 Å². The van der Waals surface area contributed by atoms with Crippen molar-refractivity contribution in [2.45, 2.75) is 25.7 Å². The number of aromatic nitrogens is 1. The SMILES string of the molecule is COC(=O)c1sc(C)nc1C1CC1. The fraction of sp³-hybridized carbons (Fsp3) is 0.556. The molecule has 0 aliphatic heterocycles. The zero-order valence-electron chi connectivity index (χ0n) is 7.66. The summed E-state index contributed by atoms with van der Waals surface area (Å²) in [5.41, 5.74) is 0.953. The van der Waals surface area contributed by atoms with Crippen molar-refractivity contribution in [3.05, 3.63) is 15.6 Å². The van der Waals surface area contributed by atoms with E-state index in [4.69, 9.17) is 4.74 Å². The molecular formula is C9H11NO2S. The predicted molar refractivity (Wildman–Crippen MR) is 50.2 cm³/mol. The molecule has 2 rings (SSSR count). The van der Waals surface area contributed by atoms with Gasteiger partial charge in [-0.1, -0.05) is 0 Å². The largest absolute Gasteiger partial charge is 0.465 e. The number of ether oxygens (including phenoxy) is 1. The second-order valence-corrected chi connectivity index (χ2v) is 4.42. The molecule has 70 valence electrons. The molecule has 1 fully saturated rings. The Kier molecular flexibility index (Phi) is 2.07. The lowest BCUT2D eigenvalue weighted by atomic mass is 10.2. The van der Waals surface area contributed by atoms with Gasteiger partial charge < -0.3 is 4.74 Å². The van der Waals surface area contributed by atoms with E-state index in [1.807, 2.05) is 6.92 Å². The zero-order valence-corrected chi connectivity index (χ0v) is 8.48. The van der Waals surface area contributed by atoms with Crippen LogP contribution in [0.2, 0.25) is 0 Å². The molecule has 1 aliphatic carbocycles. The number of methoxy groups -OCH3 is 1. The molecule has 1 heterocycles. The Balaban J connectivity index is 2.36. The standard InChI is InChI=1S/C9H11NO2S/c1-5-10-7(6-3-4-6)8(13-5)9(11)12-2/h6H,3-4H2,1-2H3. The molecule has 1 aliphatic rings. The van der Waals surface area contributed by atoms with Crippen molar-refractivity contribution in [2.75, 3.05) is 7.11 Å². The number of aryl methyl sites for hydroxylation is 1. The molecule has 13 heavy (non-hydrogen) atoms. The Labute approximate surface area is 80.8 Å². The van der Waals surface area contributed by atoms with Crippen LogP contribution in [0, 0.1) is 6.92 Å². The minimum atomic E-state index is -0.243. The normalized spacial score (nSPS) is 15.8. The number of hydrogen-bond donors (Lipinski definition) is 0. The Hall–Kier alpha value is -0.900. The third-order valence-corrected chi connectivity index (χ3v) is 3.06. The van der Waals surface area contributed by atoms with Crippen LogP contribution < -0.4 is 0 Å². The molecule has 0 spiro atoms. The van der Waals surface area contributed by atoms with Crippen molar-refractivity contribution in [3.8, 4) is 0 Å². The second kappa shape index (κ2) is 3.10. The van der Waals surface area contributed by atoms with Gasteiger partial charge in [-0.05, 0) is 19.8 Å². The zero-order chi connectivity index (χ0) is 9.42. The van der Waals surface area contributed by atoms with Gasteiger partial charge >= 0.3 is 5.97 Å². The minimum Gasteiger partial charge on any atom is -0.465 e. The van der Waals surface area contributed by atoms with E-state index in [1.165, 1.54) is 18.4 Å². The van der Waals surface area contributed by atoms with Crippen molar-refractivity contribution in [2.24, 2.45) is 0 Å². The molecule has 0 radical (unpaired) electrons. The lowest BCUT2D eigenvalue weighted by Crippen LogP contribution is -2.01. The number of nitrogens with zero attached hydrogens (tertiary/aromatic N) is 1. The first-order valence-electron chi connectivity index (χ1n) is 4.28. The Morgan fingerprint density at radius 2 is 2.31 bits per heavy atom. The lowest BCUT2D eigenvalue weighted by Gasteiger charge is -1.96. The summed E-state index contributed by atoms with van der Waals surface area (Å²) in [5.74, 6) is 0.270. The highest BCUT2D eigenvalue weighted by Crippen LogP contribution is 2.42. The van der Waals surface area contributed by atoms with Crippen LogP contribution in [0.15, 0.2) is 0 Å². The summed E-state index contributed by atoms with van der Waals surface area (Å²) in [7, 11) is 1.41. The summed E-state index contributed by atoms with van der Waals surface area (Å²) in [6.07, 6.45) is 2.32.